The second-order valence-electron chi connectivity index (χ2n) is 11.5. The van der Waals surface area contributed by atoms with Gasteiger partial charge >= 0.3 is 0 Å². The summed E-state index contributed by atoms with van der Waals surface area (Å²) in [4.78, 5) is 0.390. The average Bonchev–Trinajstić information content (AvgIpc) is 2.93. The zero-order valence-electron chi connectivity index (χ0n) is 23.2. The molecule has 1 aliphatic heterocycles. The van der Waals surface area contributed by atoms with E-state index < -0.39 is 18.2 Å². The Balaban J connectivity index is 1.54. The van der Waals surface area contributed by atoms with E-state index in [2.05, 4.69) is 88.4 Å². The molecule has 204 valence electrons. The summed E-state index contributed by atoms with van der Waals surface area (Å²) in [6.07, 6.45) is 3.46. The number of rotatable bonds is 10. The second-order valence-corrected chi connectivity index (χ2v) is 17.8. The monoisotopic (exact) mass is 550 g/mol. The van der Waals surface area contributed by atoms with Gasteiger partial charge in [-0.3, -0.25) is 0 Å². The van der Waals surface area contributed by atoms with E-state index >= 15 is 0 Å². The predicted octanol–water partition coefficient (Wildman–Crippen LogP) is 6.00. The third kappa shape index (κ3) is 6.31. The van der Waals surface area contributed by atoms with E-state index in [9.17, 15) is 8.42 Å². The van der Waals surface area contributed by atoms with Crippen LogP contribution in [0.4, 0.5) is 0 Å². The molecule has 3 aromatic rings. The topological polar surface area (TPSA) is 52.6 Å². The number of hydrogen-bond acceptors (Lipinski definition) is 4. The summed E-state index contributed by atoms with van der Waals surface area (Å²) in [5.41, 5.74) is 0. The smallest absolute Gasteiger partial charge is 0.261 e. The molecule has 1 aliphatic rings. The van der Waals surface area contributed by atoms with Crippen LogP contribution in [0.3, 0.4) is 0 Å². The van der Waals surface area contributed by atoms with Crippen molar-refractivity contribution < 1.29 is 17.6 Å². The van der Waals surface area contributed by atoms with Crippen LogP contribution in [0.15, 0.2) is 95.9 Å². The quantitative estimate of drug-likeness (QED) is 0.291. The first kappa shape index (κ1) is 28.7. The maximum absolute atomic E-state index is 13.1. The lowest BCUT2D eigenvalue weighted by molar-refractivity contribution is -0.0896. The van der Waals surface area contributed by atoms with Crippen LogP contribution in [0.5, 0.6) is 0 Å². The minimum absolute atomic E-state index is 0.0455. The Hall–Kier alpha value is -2.25. The van der Waals surface area contributed by atoms with E-state index in [1.807, 2.05) is 6.07 Å². The van der Waals surface area contributed by atoms with Gasteiger partial charge in [-0.25, -0.2) is 8.42 Å². The van der Waals surface area contributed by atoms with Gasteiger partial charge in [0.25, 0.3) is 8.32 Å². The van der Waals surface area contributed by atoms with Gasteiger partial charge in [-0.05, 0) is 59.1 Å². The molecule has 4 rings (SSSR count). The fourth-order valence-electron chi connectivity index (χ4n) is 5.87. The summed E-state index contributed by atoms with van der Waals surface area (Å²) in [6.45, 7) is 9.42. The normalized spacial score (nSPS) is 19.7. The lowest BCUT2D eigenvalue weighted by Crippen LogP contribution is -2.67. The fourth-order valence-corrected chi connectivity index (χ4v) is 12.2. The molecule has 0 N–H and O–H groups in total. The Morgan fingerprint density at radius 1 is 0.868 bits per heavy atom. The van der Waals surface area contributed by atoms with Crippen LogP contribution in [0.1, 0.15) is 53.4 Å². The molecule has 38 heavy (non-hydrogen) atoms. The molecule has 0 saturated carbocycles. The van der Waals surface area contributed by atoms with Gasteiger partial charge in [-0.1, -0.05) is 107 Å². The predicted molar refractivity (Wildman–Crippen MR) is 158 cm³/mol. The Kier molecular flexibility index (Phi) is 9.30. The SMILES string of the molecule is CC[C@@H](CS(=O)(=O)c1ccccc1)[C@@H]1CCC[C@@H](CO[Si](c2ccccc2)(c2ccccc2)C(C)(C)C)O1. The Morgan fingerprint density at radius 2 is 1.39 bits per heavy atom. The molecular weight excluding hydrogens is 509 g/mol. The van der Waals surface area contributed by atoms with Gasteiger partial charge in [0.05, 0.1) is 29.5 Å². The molecule has 0 aliphatic carbocycles. The number of benzene rings is 3. The second kappa shape index (κ2) is 12.3. The molecule has 4 nitrogen and oxygen atoms in total. The lowest BCUT2D eigenvalue weighted by Gasteiger charge is -2.44. The molecule has 0 amide bonds. The molecule has 3 atom stereocenters. The maximum Gasteiger partial charge on any atom is 0.261 e. The molecule has 0 aromatic heterocycles. The molecule has 0 unspecified atom stereocenters. The van der Waals surface area contributed by atoms with Crippen molar-refractivity contribution in [2.45, 2.75) is 75.5 Å². The van der Waals surface area contributed by atoms with E-state index in [0.717, 1.165) is 25.7 Å². The average molecular weight is 551 g/mol. The van der Waals surface area contributed by atoms with Crippen LogP contribution in [-0.2, 0) is 19.0 Å². The number of hydrogen-bond donors (Lipinski definition) is 0. The van der Waals surface area contributed by atoms with E-state index in [-0.39, 0.29) is 28.9 Å². The highest BCUT2D eigenvalue weighted by molar-refractivity contribution is 7.91. The van der Waals surface area contributed by atoms with E-state index in [1.165, 1.54) is 10.4 Å². The summed E-state index contributed by atoms with van der Waals surface area (Å²) < 4.78 is 40.0. The van der Waals surface area contributed by atoms with Crippen molar-refractivity contribution in [3.05, 3.63) is 91.0 Å². The van der Waals surface area contributed by atoms with Crippen LogP contribution < -0.4 is 10.4 Å². The summed E-state index contributed by atoms with van der Waals surface area (Å²) in [5.74, 6) is 0.0661. The Labute approximate surface area is 230 Å². The highest BCUT2D eigenvalue weighted by Gasteiger charge is 2.50. The molecule has 6 heteroatoms. The van der Waals surface area contributed by atoms with Crippen LogP contribution in [-0.4, -0.2) is 41.3 Å². The van der Waals surface area contributed by atoms with E-state index in [0.29, 0.717) is 11.5 Å². The molecule has 3 aromatic carbocycles. The van der Waals surface area contributed by atoms with Gasteiger partial charge in [0, 0.05) is 0 Å². The van der Waals surface area contributed by atoms with Gasteiger partial charge in [0.2, 0.25) is 0 Å². The standard InChI is InChI=1S/C32H42O4SSi/c1-5-26(25-37(33,34)28-17-9-6-10-18-28)31-23-15-16-27(36-31)24-35-38(32(2,3)4,29-19-11-7-12-20-29)30-21-13-8-14-22-30/h6-14,17-22,26-27,31H,5,15-16,23-25H2,1-4H3/t26-,27-,31-/m0/s1. The van der Waals surface area contributed by atoms with Crippen molar-refractivity contribution in [3.8, 4) is 0 Å². The van der Waals surface area contributed by atoms with Gasteiger partial charge in [0.15, 0.2) is 9.84 Å². The van der Waals surface area contributed by atoms with Crippen LogP contribution in [0.25, 0.3) is 0 Å². The lowest BCUT2D eigenvalue weighted by atomic mass is 9.93. The number of sulfone groups is 1. The maximum atomic E-state index is 13.1. The largest absolute Gasteiger partial charge is 0.405 e. The molecule has 1 fully saturated rings. The summed E-state index contributed by atoms with van der Waals surface area (Å²) in [7, 11) is -6.02. The third-order valence-corrected chi connectivity index (χ3v) is 14.7. The first-order chi connectivity index (χ1) is 18.2. The molecule has 0 bridgehead atoms. The first-order valence-electron chi connectivity index (χ1n) is 13.9. The highest BCUT2D eigenvalue weighted by Crippen LogP contribution is 2.37. The van der Waals surface area contributed by atoms with Crippen molar-refractivity contribution >= 4 is 28.5 Å². The van der Waals surface area contributed by atoms with Gasteiger partial charge < -0.3 is 9.16 Å². The summed E-state index contributed by atoms with van der Waals surface area (Å²) in [6, 6.07) is 30.1. The zero-order valence-corrected chi connectivity index (χ0v) is 25.0. The fraction of sp³-hybridized carbons (Fsp3) is 0.438. The molecular formula is C32H42O4SSi. The molecule has 0 radical (unpaired) electrons. The minimum Gasteiger partial charge on any atom is -0.405 e. The van der Waals surface area contributed by atoms with Gasteiger partial charge in [0.1, 0.15) is 0 Å². The minimum atomic E-state index is -3.37. The molecule has 1 heterocycles. The molecule has 0 spiro atoms. The van der Waals surface area contributed by atoms with Gasteiger partial charge in [-0.15, -0.1) is 0 Å². The van der Waals surface area contributed by atoms with E-state index in [1.54, 1.807) is 24.3 Å². The van der Waals surface area contributed by atoms with Crippen molar-refractivity contribution in [2.24, 2.45) is 5.92 Å². The van der Waals surface area contributed by atoms with Crippen molar-refractivity contribution in [1.82, 2.24) is 0 Å². The van der Waals surface area contributed by atoms with Crippen LogP contribution in [0.2, 0.25) is 5.04 Å². The van der Waals surface area contributed by atoms with Crippen LogP contribution in [0, 0.1) is 5.92 Å². The van der Waals surface area contributed by atoms with Crippen molar-refractivity contribution in [1.29, 1.82) is 0 Å². The Morgan fingerprint density at radius 3 is 1.89 bits per heavy atom. The van der Waals surface area contributed by atoms with Gasteiger partial charge in [-0.2, -0.15) is 0 Å². The summed E-state index contributed by atoms with van der Waals surface area (Å²) in [5, 5.41) is 2.41. The summed E-state index contributed by atoms with van der Waals surface area (Å²) >= 11 is 0. The molecule has 1 saturated heterocycles. The highest BCUT2D eigenvalue weighted by atomic mass is 32.2. The Bertz CT molecular complexity index is 1200. The number of ether oxygens (including phenoxy) is 1. The first-order valence-corrected chi connectivity index (χ1v) is 17.4. The third-order valence-electron chi connectivity index (χ3n) is 7.87. The van der Waals surface area contributed by atoms with Crippen molar-refractivity contribution in [3.63, 3.8) is 0 Å². The van der Waals surface area contributed by atoms with Crippen LogP contribution >= 0.6 is 0 Å². The zero-order chi connectivity index (χ0) is 27.2. The van der Waals surface area contributed by atoms with E-state index in [4.69, 9.17) is 9.16 Å². The van der Waals surface area contributed by atoms with Crippen molar-refractivity contribution in [2.75, 3.05) is 12.4 Å².